The molecule has 0 aromatic rings. The van der Waals surface area contributed by atoms with Crippen LogP contribution < -0.4 is 10.6 Å². The van der Waals surface area contributed by atoms with E-state index in [9.17, 15) is 9.59 Å². The molecule has 5 nitrogen and oxygen atoms in total. The predicted molar refractivity (Wildman–Crippen MR) is 43.2 cm³/mol. The number of aliphatic hydroxyl groups excluding tert-OH is 1. The Morgan fingerprint density at radius 1 is 1.58 bits per heavy atom. The van der Waals surface area contributed by atoms with Crippen LogP contribution in [0, 0.1) is 0 Å². The van der Waals surface area contributed by atoms with E-state index in [4.69, 9.17) is 5.11 Å². The molecule has 0 heterocycles. The van der Waals surface area contributed by atoms with E-state index >= 15 is 0 Å². The first-order valence-corrected chi connectivity index (χ1v) is 3.51. The number of rotatable bonds is 4. The minimum absolute atomic E-state index is 0.157. The Bertz CT molecular complexity index is 211. The molecule has 0 aromatic heterocycles. The SMILES string of the molecule is CC/C(C(=O)NC=O)=C(\O)NC. The molecule has 3 N–H and O–H groups in total. The summed E-state index contributed by atoms with van der Waals surface area (Å²) in [5.41, 5.74) is 0.157. The van der Waals surface area contributed by atoms with Crippen molar-refractivity contribution >= 4 is 12.3 Å². The summed E-state index contributed by atoms with van der Waals surface area (Å²) in [6, 6.07) is 0. The number of hydrogen-bond donors (Lipinski definition) is 3. The van der Waals surface area contributed by atoms with Gasteiger partial charge in [-0.05, 0) is 6.42 Å². The van der Waals surface area contributed by atoms with Crippen molar-refractivity contribution in [3.63, 3.8) is 0 Å². The smallest absolute Gasteiger partial charge is 0.258 e. The Balaban J connectivity index is 4.54. The van der Waals surface area contributed by atoms with Gasteiger partial charge in [0.2, 0.25) is 6.41 Å². The van der Waals surface area contributed by atoms with Crippen LogP contribution in [-0.2, 0) is 9.59 Å². The van der Waals surface area contributed by atoms with Crippen molar-refractivity contribution < 1.29 is 14.7 Å². The van der Waals surface area contributed by atoms with Gasteiger partial charge in [0.1, 0.15) is 0 Å². The fraction of sp³-hybridized carbons (Fsp3) is 0.429. The molecule has 0 aromatic carbocycles. The van der Waals surface area contributed by atoms with Crippen molar-refractivity contribution in [2.75, 3.05) is 7.05 Å². The van der Waals surface area contributed by atoms with E-state index in [1.54, 1.807) is 6.92 Å². The molecule has 0 aliphatic carbocycles. The van der Waals surface area contributed by atoms with Crippen molar-refractivity contribution in [3.8, 4) is 0 Å². The average Bonchev–Trinajstić information content (AvgIpc) is 2.06. The molecule has 0 radical (unpaired) electrons. The fourth-order valence-electron chi connectivity index (χ4n) is 0.727. The molecule has 0 aliphatic rings. The van der Waals surface area contributed by atoms with Gasteiger partial charge in [0.05, 0.1) is 5.57 Å². The van der Waals surface area contributed by atoms with Gasteiger partial charge in [-0.1, -0.05) is 6.92 Å². The Hall–Kier alpha value is -1.52. The topological polar surface area (TPSA) is 78.4 Å². The van der Waals surface area contributed by atoms with Gasteiger partial charge in [-0.3, -0.25) is 14.9 Å². The molecule has 2 amide bonds. The highest BCUT2D eigenvalue weighted by Gasteiger charge is 2.11. The molecule has 0 rings (SSSR count). The first-order valence-electron chi connectivity index (χ1n) is 3.51. The van der Waals surface area contributed by atoms with Crippen LogP contribution in [0.2, 0.25) is 0 Å². The Morgan fingerprint density at radius 2 is 2.17 bits per heavy atom. The van der Waals surface area contributed by atoms with Crippen LogP contribution in [0.25, 0.3) is 0 Å². The number of carbonyl (C=O) groups excluding carboxylic acids is 2. The fourth-order valence-corrected chi connectivity index (χ4v) is 0.727. The van der Waals surface area contributed by atoms with Gasteiger partial charge in [0.25, 0.3) is 5.91 Å². The highest BCUT2D eigenvalue weighted by molar-refractivity contribution is 5.99. The third-order valence-corrected chi connectivity index (χ3v) is 1.34. The number of aliphatic hydroxyl groups is 1. The highest BCUT2D eigenvalue weighted by atomic mass is 16.3. The van der Waals surface area contributed by atoms with Crippen molar-refractivity contribution in [1.82, 2.24) is 10.6 Å². The maximum absolute atomic E-state index is 11.0. The lowest BCUT2D eigenvalue weighted by Gasteiger charge is -2.05. The standard InChI is InChI=1S/C7H12N2O3/c1-3-5(6(11)8-2)7(12)9-4-10/h4,8,11H,3H2,1-2H3,(H,9,10,12)/b6-5+. The second kappa shape index (κ2) is 5.17. The van der Waals surface area contributed by atoms with Crippen LogP contribution in [0.4, 0.5) is 0 Å². The Morgan fingerprint density at radius 3 is 2.50 bits per heavy atom. The van der Waals surface area contributed by atoms with E-state index in [-0.39, 0.29) is 17.9 Å². The summed E-state index contributed by atoms with van der Waals surface area (Å²) < 4.78 is 0. The van der Waals surface area contributed by atoms with Crippen molar-refractivity contribution in [2.45, 2.75) is 13.3 Å². The van der Waals surface area contributed by atoms with Crippen molar-refractivity contribution in [1.29, 1.82) is 0 Å². The number of imide groups is 1. The first kappa shape index (κ1) is 10.5. The van der Waals surface area contributed by atoms with E-state index in [1.165, 1.54) is 7.05 Å². The highest BCUT2D eigenvalue weighted by Crippen LogP contribution is 2.02. The second-order valence-electron chi connectivity index (χ2n) is 2.02. The third-order valence-electron chi connectivity index (χ3n) is 1.34. The zero-order chi connectivity index (χ0) is 9.56. The normalized spacial score (nSPS) is 11.5. The van der Waals surface area contributed by atoms with Gasteiger partial charge in [-0.15, -0.1) is 0 Å². The summed E-state index contributed by atoms with van der Waals surface area (Å²) in [6.07, 6.45) is 0.632. The van der Waals surface area contributed by atoms with E-state index in [0.29, 0.717) is 6.42 Å². The predicted octanol–water partition coefficient (Wildman–Crippen LogP) is -0.342. The minimum Gasteiger partial charge on any atom is -0.494 e. The summed E-state index contributed by atoms with van der Waals surface area (Å²) in [6.45, 7) is 1.70. The third kappa shape index (κ3) is 2.61. The minimum atomic E-state index is -0.584. The van der Waals surface area contributed by atoms with Crippen LogP contribution in [0.3, 0.4) is 0 Å². The summed E-state index contributed by atoms with van der Waals surface area (Å²) in [5, 5.41) is 13.5. The van der Waals surface area contributed by atoms with E-state index < -0.39 is 5.91 Å². The van der Waals surface area contributed by atoms with Gasteiger partial charge in [0, 0.05) is 7.05 Å². The molecule has 0 fully saturated rings. The average molecular weight is 172 g/mol. The molecular weight excluding hydrogens is 160 g/mol. The molecule has 0 spiro atoms. The van der Waals surface area contributed by atoms with E-state index in [0.717, 1.165) is 0 Å². The molecule has 5 heteroatoms. The van der Waals surface area contributed by atoms with Crippen LogP contribution >= 0.6 is 0 Å². The lowest BCUT2D eigenvalue weighted by Crippen LogP contribution is -2.26. The van der Waals surface area contributed by atoms with E-state index in [2.05, 4.69) is 5.32 Å². The molecule has 0 aliphatic heterocycles. The lowest BCUT2D eigenvalue weighted by atomic mass is 10.2. The zero-order valence-electron chi connectivity index (χ0n) is 7.05. The Kier molecular flexibility index (Phi) is 4.52. The zero-order valence-corrected chi connectivity index (χ0v) is 7.05. The second-order valence-corrected chi connectivity index (χ2v) is 2.02. The van der Waals surface area contributed by atoms with Crippen LogP contribution in [-0.4, -0.2) is 24.5 Å². The summed E-state index contributed by atoms with van der Waals surface area (Å²) >= 11 is 0. The molecule has 68 valence electrons. The van der Waals surface area contributed by atoms with Crippen molar-refractivity contribution in [3.05, 3.63) is 11.5 Å². The number of carbonyl (C=O) groups is 2. The largest absolute Gasteiger partial charge is 0.494 e. The molecule has 0 saturated heterocycles. The maximum Gasteiger partial charge on any atom is 0.258 e. The van der Waals surface area contributed by atoms with Gasteiger partial charge < -0.3 is 10.4 Å². The van der Waals surface area contributed by atoms with Crippen LogP contribution in [0.5, 0.6) is 0 Å². The summed E-state index contributed by atoms with van der Waals surface area (Å²) in [5.74, 6) is -0.795. The first-order chi connectivity index (χ1) is 5.67. The van der Waals surface area contributed by atoms with E-state index in [1.807, 2.05) is 5.32 Å². The Labute approximate surface area is 70.5 Å². The van der Waals surface area contributed by atoms with Crippen LogP contribution in [0.1, 0.15) is 13.3 Å². The van der Waals surface area contributed by atoms with Gasteiger partial charge in [0.15, 0.2) is 5.88 Å². The number of nitrogens with one attached hydrogen (secondary N) is 2. The summed E-state index contributed by atoms with van der Waals surface area (Å²) in [7, 11) is 1.49. The lowest BCUT2D eigenvalue weighted by molar-refractivity contribution is -0.122. The summed E-state index contributed by atoms with van der Waals surface area (Å²) in [4.78, 5) is 20.9. The molecular formula is C7H12N2O3. The maximum atomic E-state index is 11.0. The monoisotopic (exact) mass is 172 g/mol. The molecule has 0 saturated carbocycles. The molecule has 12 heavy (non-hydrogen) atoms. The molecule has 0 unspecified atom stereocenters. The van der Waals surface area contributed by atoms with Gasteiger partial charge in [-0.25, -0.2) is 0 Å². The quantitative estimate of drug-likeness (QED) is 0.308. The number of hydrogen-bond acceptors (Lipinski definition) is 4. The van der Waals surface area contributed by atoms with Crippen molar-refractivity contribution in [2.24, 2.45) is 0 Å². The van der Waals surface area contributed by atoms with Gasteiger partial charge >= 0.3 is 0 Å². The molecule has 0 bridgehead atoms. The number of amides is 2. The molecule has 0 atom stereocenters. The van der Waals surface area contributed by atoms with Crippen LogP contribution in [0.15, 0.2) is 11.5 Å². The van der Waals surface area contributed by atoms with Gasteiger partial charge in [-0.2, -0.15) is 0 Å².